The molecule has 1 aliphatic heterocycles. The summed E-state index contributed by atoms with van der Waals surface area (Å²) < 4.78 is 0. The minimum Gasteiger partial charge on any atom is -0.329 e. The van der Waals surface area contributed by atoms with Gasteiger partial charge in [0.05, 0.1) is 0 Å². The first-order valence-electron chi connectivity index (χ1n) is 8.84. The van der Waals surface area contributed by atoms with Crippen LogP contribution in [-0.4, -0.2) is 53.6 Å². The summed E-state index contributed by atoms with van der Waals surface area (Å²) in [6.45, 7) is 11.5. The van der Waals surface area contributed by atoms with Crippen LogP contribution in [0.5, 0.6) is 0 Å². The molecule has 0 aromatic heterocycles. The average molecular weight is 281 g/mol. The highest BCUT2D eigenvalue weighted by Crippen LogP contribution is 2.35. The molecular weight excluding hydrogens is 246 g/mol. The molecule has 0 bridgehead atoms. The molecule has 0 spiro atoms. The van der Waals surface area contributed by atoms with Crippen LogP contribution in [0.15, 0.2) is 0 Å². The van der Waals surface area contributed by atoms with Gasteiger partial charge in [-0.1, -0.05) is 19.8 Å². The van der Waals surface area contributed by atoms with Crippen molar-refractivity contribution in [1.29, 1.82) is 0 Å². The molecule has 0 aromatic carbocycles. The maximum absolute atomic E-state index is 6.31. The number of hydrogen-bond acceptors (Lipinski definition) is 3. The Balaban J connectivity index is 2.10. The van der Waals surface area contributed by atoms with Crippen LogP contribution in [0.25, 0.3) is 0 Å². The lowest BCUT2D eigenvalue weighted by Gasteiger charge is -2.46. The molecule has 2 N–H and O–H groups in total. The second-order valence-electron chi connectivity index (χ2n) is 7.14. The van der Waals surface area contributed by atoms with E-state index in [0.29, 0.717) is 6.04 Å². The number of likely N-dealkylation sites (N-methyl/N-ethyl adjacent to an activating group) is 1. The largest absolute Gasteiger partial charge is 0.329 e. The summed E-state index contributed by atoms with van der Waals surface area (Å²) in [4.78, 5) is 5.43. The molecule has 1 atom stereocenters. The topological polar surface area (TPSA) is 32.5 Å². The second kappa shape index (κ2) is 7.24. The Morgan fingerprint density at radius 3 is 2.40 bits per heavy atom. The van der Waals surface area contributed by atoms with Crippen LogP contribution in [0, 0.1) is 0 Å². The highest BCUT2D eigenvalue weighted by atomic mass is 15.3. The van der Waals surface area contributed by atoms with E-state index in [1.54, 1.807) is 0 Å². The van der Waals surface area contributed by atoms with Gasteiger partial charge in [-0.25, -0.2) is 0 Å². The zero-order valence-electron chi connectivity index (χ0n) is 13.9. The predicted octanol–water partition coefficient (Wildman–Crippen LogP) is 2.84. The molecular formula is C17H35N3. The molecule has 2 rings (SSSR count). The summed E-state index contributed by atoms with van der Waals surface area (Å²) in [6, 6.07) is 1.47. The highest BCUT2D eigenvalue weighted by Gasteiger charge is 2.40. The molecule has 0 amide bonds. The van der Waals surface area contributed by atoms with Gasteiger partial charge in [0.25, 0.3) is 0 Å². The fourth-order valence-electron chi connectivity index (χ4n) is 4.52. The highest BCUT2D eigenvalue weighted by molar-refractivity contribution is 4.98. The Hall–Kier alpha value is -0.120. The Kier molecular flexibility index (Phi) is 5.88. The molecule has 0 aromatic rings. The first-order valence-corrected chi connectivity index (χ1v) is 8.84. The van der Waals surface area contributed by atoms with Gasteiger partial charge in [0.2, 0.25) is 0 Å². The Morgan fingerprint density at radius 2 is 1.85 bits per heavy atom. The van der Waals surface area contributed by atoms with E-state index >= 15 is 0 Å². The van der Waals surface area contributed by atoms with Gasteiger partial charge in [0.1, 0.15) is 0 Å². The lowest BCUT2D eigenvalue weighted by molar-refractivity contribution is 0.0413. The van der Waals surface area contributed by atoms with Crippen molar-refractivity contribution in [1.82, 2.24) is 9.80 Å². The molecule has 1 saturated heterocycles. The summed E-state index contributed by atoms with van der Waals surface area (Å²) in [5.41, 5.74) is 6.58. The number of nitrogens with zero attached hydrogens (tertiary/aromatic N) is 2. The fourth-order valence-corrected chi connectivity index (χ4v) is 4.52. The molecule has 3 heteroatoms. The van der Waals surface area contributed by atoms with Gasteiger partial charge in [-0.05, 0) is 59.0 Å². The van der Waals surface area contributed by atoms with Crippen molar-refractivity contribution < 1.29 is 0 Å². The van der Waals surface area contributed by atoms with Crippen LogP contribution in [-0.2, 0) is 0 Å². The third kappa shape index (κ3) is 3.37. The molecule has 20 heavy (non-hydrogen) atoms. The van der Waals surface area contributed by atoms with Gasteiger partial charge in [-0.15, -0.1) is 0 Å². The van der Waals surface area contributed by atoms with E-state index in [9.17, 15) is 0 Å². The van der Waals surface area contributed by atoms with Gasteiger partial charge in [0.15, 0.2) is 0 Å². The van der Waals surface area contributed by atoms with Gasteiger partial charge in [0, 0.05) is 30.7 Å². The quantitative estimate of drug-likeness (QED) is 0.841. The van der Waals surface area contributed by atoms with E-state index in [0.717, 1.165) is 12.6 Å². The minimum atomic E-state index is 0.271. The molecule has 118 valence electrons. The van der Waals surface area contributed by atoms with Gasteiger partial charge in [-0.2, -0.15) is 0 Å². The van der Waals surface area contributed by atoms with E-state index < -0.39 is 0 Å². The van der Waals surface area contributed by atoms with Crippen molar-refractivity contribution >= 4 is 0 Å². The predicted molar refractivity (Wildman–Crippen MR) is 87.0 cm³/mol. The second-order valence-corrected chi connectivity index (χ2v) is 7.14. The van der Waals surface area contributed by atoms with Crippen LogP contribution in [0.1, 0.15) is 65.7 Å². The first kappa shape index (κ1) is 16.3. The zero-order valence-corrected chi connectivity index (χ0v) is 13.9. The lowest BCUT2D eigenvalue weighted by atomic mass is 9.86. The molecule has 2 aliphatic rings. The van der Waals surface area contributed by atoms with Crippen molar-refractivity contribution in [3.63, 3.8) is 0 Å². The molecule has 1 saturated carbocycles. The van der Waals surface area contributed by atoms with Crippen LogP contribution in [0.3, 0.4) is 0 Å². The van der Waals surface area contributed by atoms with E-state index in [-0.39, 0.29) is 5.54 Å². The van der Waals surface area contributed by atoms with E-state index in [1.165, 1.54) is 64.6 Å². The van der Waals surface area contributed by atoms with Crippen molar-refractivity contribution in [2.45, 2.75) is 83.3 Å². The van der Waals surface area contributed by atoms with Crippen molar-refractivity contribution in [2.75, 3.05) is 26.2 Å². The summed E-state index contributed by atoms with van der Waals surface area (Å²) in [5.74, 6) is 0. The maximum atomic E-state index is 6.31. The zero-order chi connectivity index (χ0) is 14.6. The van der Waals surface area contributed by atoms with Gasteiger partial charge < -0.3 is 10.6 Å². The van der Waals surface area contributed by atoms with Crippen molar-refractivity contribution in [3.8, 4) is 0 Å². The molecule has 3 nitrogen and oxygen atoms in total. The van der Waals surface area contributed by atoms with Crippen LogP contribution >= 0.6 is 0 Å². The normalized spacial score (nSPS) is 30.3. The van der Waals surface area contributed by atoms with Gasteiger partial charge >= 0.3 is 0 Å². The van der Waals surface area contributed by atoms with Crippen LogP contribution in [0.4, 0.5) is 0 Å². The Bertz CT molecular complexity index is 286. The summed E-state index contributed by atoms with van der Waals surface area (Å²) in [5, 5.41) is 0. The number of likely N-dealkylation sites (tertiary alicyclic amines) is 1. The molecule has 1 aliphatic carbocycles. The molecule has 1 heterocycles. The maximum Gasteiger partial charge on any atom is 0.0347 e. The molecule has 2 fully saturated rings. The Morgan fingerprint density at radius 1 is 1.15 bits per heavy atom. The third-order valence-corrected chi connectivity index (χ3v) is 5.78. The molecule has 1 unspecified atom stereocenters. The third-order valence-electron chi connectivity index (χ3n) is 5.78. The Labute approximate surface area is 125 Å². The minimum absolute atomic E-state index is 0.271. The van der Waals surface area contributed by atoms with Crippen LogP contribution < -0.4 is 5.73 Å². The SMILES string of the molecule is CCN(C1CCCC1)C1(CN)CCCN(C(C)C)CC1. The fraction of sp³-hybridized carbons (Fsp3) is 1.00. The monoisotopic (exact) mass is 281 g/mol. The number of rotatable bonds is 5. The smallest absolute Gasteiger partial charge is 0.0347 e. The van der Waals surface area contributed by atoms with E-state index in [1.807, 2.05) is 0 Å². The van der Waals surface area contributed by atoms with Crippen molar-refractivity contribution in [2.24, 2.45) is 5.73 Å². The number of nitrogens with two attached hydrogens (primary N) is 1. The van der Waals surface area contributed by atoms with Crippen molar-refractivity contribution in [3.05, 3.63) is 0 Å². The standard InChI is InChI=1S/C17H35N3/c1-4-20(16-8-5-6-9-16)17(14-18)10-7-12-19(13-11-17)15(2)3/h15-16H,4-14,18H2,1-3H3. The summed E-state index contributed by atoms with van der Waals surface area (Å²) in [6.07, 6.45) is 9.47. The molecule has 0 radical (unpaired) electrons. The van der Waals surface area contributed by atoms with E-state index in [2.05, 4.69) is 30.6 Å². The summed E-state index contributed by atoms with van der Waals surface area (Å²) in [7, 11) is 0. The lowest BCUT2D eigenvalue weighted by Crippen LogP contribution is -2.57. The van der Waals surface area contributed by atoms with Crippen LogP contribution in [0.2, 0.25) is 0 Å². The number of hydrogen-bond donors (Lipinski definition) is 1. The summed E-state index contributed by atoms with van der Waals surface area (Å²) >= 11 is 0. The van der Waals surface area contributed by atoms with Gasteiger partial charge in [-0.3, -0.25) is 4.90 Å². The average Bonchev–Trinajstić information content (AvgIpc) is 2.86. The van der Waals surface area contributed by atoms with E-state index in [4.69, 9.17) is 5.73 Å². The first-order chi connectivity index (χ1) is 9.63.